The van der Waals surface area contributed by atoms with Gasteiger partial charge in [-0.1, -0.05) is 0 Å². The largest absolute Gasteiger partial charge is 0.486 e. The van der Waals surface area contributed by atoms with Crippen LogP contribution in [0.15, 0.2) is 24.3 Å². The van der Waals surface area contributed by atoms with E-state index in [2.05, 4.69) is 5.32 Å². The van der Waals surface area contributed by atoms with Crippen LogP contribution in [-0.4, -0.2) is 52.0 Å². The van der Waals surface area contributed by atoms with E-state index in [1.54, 1.807) is 6.07 Å². The van der Waals surface area contributed by atoms with Crippen molar-refractivity contribution in [3.63, 3.8) is 0 Å². The molecule has 8 nitrogen and oxygen atoms in total. The van der Waals surface area contributed by atoms with Crippen LogP contribution in [0, 0.1) is 19.8 Å². The number of nitrogens with one attached hydrogen (secondary N) is 1. The Hall–Kier alpha value is -3.00. The van der Waals surface area contributed by atoms with Crippen LogP contribution in [0.5, 0.6) is 11.5 Å². The van der Waals surface area contributed by atoms with Gasteiger partial charge in [-0.15, -0.1) is 0 Å². The Labute approximate surface area is 168 Å². The Morgan fingerprint density at radius 1 is 1.10 bits per heavy atom. The summed E-state index contributed by atoms with van der Waals surface area (Å²) in [6, 6.07) is 6.86. The van der Waals surface area contributed by atoms with E-state index in [9.17, 15) is 14.7 Å². The number of carboxylic acids is 1. The first-order valence-corrected chi connectivity index (χ1v) is 9.66. The van der Waals surface area contributed by atoms with Crippen LogP contribution in [0.2, 0.25) is 0 Å². The smallest absolute Gasteiger partial charge is 0.306 e. The number of rotatable bonds is 4. The first-order valence-electron chi connectivity index (χ1n) is 9.66. The summed E-state index contributed by atoms with van der Waals surface area (Å²) in [5, 5.41) is 22.1. The van der Waals surface area contributed by atoms with Crippen LogP contribution < -0.4 is 14.8 Å². The second-order valence-electron chi connectivity index (χ2n) is 7.60. The first-order chi connectivity index (χ1) is 13.8. The quantitative estimate of drug-likeness (QED) is 0.722. The van der Waals surface area contributed by atoms with Gasteiger partial charge in [-0.2, -0.15) is 0 Å². The summed E-state index contributed by atoms with van der Waals surface area (Å²) >= 11 is 0. The Morgan fingerprint density at radius 3 is 2.52 bits per heavy atom. The molecule has 8 heteroatoms. The molecule has 3 atom stereocenters. The maximum Gasteiger partial charge on any atom is 0.306 e. The van der Waals surface area contributed by atoms with Crippen LogP contribution >= 0.6 is 0 Å². The van der Waals surface area contributed by atoms with Crippen molar-refractivity contribution in [3.05, 3.63) is 41.2 Å². The van der Waals surface area contributed by atoms with E-state index in [4.69, 9.17) is 14.6 Å². The molecule has 1 amide bonds. The van der Waals surface area contributed by atoms with Gasteiger partial charge in [0.2, 0.25) is 0 Å². The molecule has 0 spiro atoms. The van der Waals surface area contributed by atoms with Crippen molar-refractivity contribution in [2.24, 2.45) is 5.92 Å². The lowest BCUT2D eigenvalue weighted by molar-refractivity contribution is -0.141. The van der Waals surface area contributed by atoms with E-state index in [1.165, 1.54) is 0 Å². The lowest BCUT2D eigenvalue weighted by atomic mass is 10.1. The number of benzene rings is 1. The number of carbonyl (C=O) groups excluding carboxylic acids is 1. The highest BCUT2D eigenvalue weighted by Gasteiger charge is 2.38. The number of ether oxygens (including phenoxy) is 2. The van der Waals surface area contributed by atoms with Crippen molar-refractivity contribution in [1.29, 1.82) is 0 Å². The molecule has 3 N–H and O–H groups in total. The molecule has 1 aliphatic heterocycles. The lowest BCUT2D eigenvalue weighted by Crippen LogP contribution is -2.40. The van der Waals surface area contributed by atoms with Crippen molar-refractivity contribution >= 4 is 11.9 Å². The minimum Gasteiger partial charge on any atom is -0.486 e. The highest BCUT2D eigenvalue weighted by Crippen LogP contribution is 2.33. The van der Waals surface area contributed by atoms with Gasteiger partial charge in [-0.25, -0.2) is 0 Å². The normalized spacial score (nSPS) is 23.1. The van der Waals surface area contributed by atoms with Gasteiger partial charge in [-0.05, 0) is 44.9 Å². The summed E-state index contributed by atoms with van der Waals surface area (Å²) in [6.07, 6.45) is -0.485. The molecule has 4 rings (SSSR count). The summed E-state index contributed by atoms with van der Waals surface area (Å²) in [5.41, 5.74) is 2.97. The van der Waals surface area contributed by atoms with E-state index in [-0.39, 0.29) is 18.7 Å². The molecule has 0 bridgehead atoms. The Morgan fingerprint density at radius 2 is 1.83 bits per heavy atom. The van der Waals surface area contributed by atoms with Crippen LogP contribution in [0.3, 0.4) is 0 Å². The van der Waals surface area contributed by atoms with Crippen LogP contribution in [0.1, 0.15) is 34.6 Å². The summed E-state index contributed by atoms with van der Waals surface area (Å²) < 4.78 is 13.2. The highest BCUT2D eigenvalue weighted by atomic mass is 16.6. The third kappa shape index (κ3) is 3.55. The molecule has 2 aliphatic rings. The lowest BCUT2D eigenvalue weighted by Gasteiger charge is -2.20. The first kappa shape index (κ1) is 19.3. The van der Waals surface area contributed by atoms with E-state index in [1.807, 2.05) is 36.6 Å². The van der Waals surface area contributed by atoms with Gasteiger partial charge in [0.05, 0.1) is 23.6 Å². The number of aliphatic hydroxyl groups is 1. The molecule has 1 fully saturated rings. The molecule has 0 radical (unpaired) electrons. The van der Waals surface area contributed by atoms with Gasteiger partial charge in [0, 0.05) is 23.1 Å². The fraction of sp³-hybridized carbons (Fsp3) is 0.429. The SMILES string of the molecule is Cc1cc(C(=O)N[C@@H]2C[C@H](C(=O)O)C[C@H]2O)c(C)n1-c1ccc2c(c1)OCCO2. The molecular weight excluding hydrogens is 376 g/mol. The van der Waals surface area contributed by atoms with Crippen molar-refractivity contribution in [3.8, 4) is 17.2 Å². The maximum atomic E-state index is 12.8. The van der Waals surface area contributed by atoms with Crippen LogP contribution in [0.25, 0.3) is 5.69 Å². The number of hydrogen-bond acceptors (Lipinski definition) is 5. The van der Waals surface area contributed by atoms with Gasteiger partial charge in [0.1, 0.15) is 13.2 Å². The number of hydrogen-bond donors (Lipinski definition) is 3. The number of aromatic nitrogens is 1. The highest BCUT2D eigenvalue weighted by molar-refractivity contribution is 5.96. The molecule has 0 unspecified atom stereocenters. The van der Waals surface area contributed by atoms with Crippen molar-refractivity contribution in [2.75, 3.05) is 13.2 Å². The van der Waals surface area contributed by atoms with Crippen LogP contribution in [-0.2, 0) is 4.79 Å². The third-order valence-corrected chi connectivity index (χ3v) is 5.65. The summed E-state index contributed by atoms with van der Waals surface area (Å²) in [7, 11) is 0. The summed E-state index contributed by atoms with van der Waals surface area (Å²) in [4.78, 5) is 24.0. The van der Waals surface area contributed by atoms with E-state index in [0.717, 1.165) is 17.1 Å². The van der Waals surface area contributed by atoms with Gasteiger partial charge in [-0.3, -0.25) is 9.59 Å². The summed E-state index contributed by atoms with van der Waals surface area (Å²) in [6.45, 7) is 4.78. The zero-order valence-corrected chi connectivity index (χ0v) is 16.3. The molecule has 1 aliphatic carbocycles. The number of aryl methyl sites for hydroxylation is 1. The van der Waals surface area contributed by atoms with Gasteiger partial charge < -0.3 is 29.6 Å². The molecule has 2 aromatic rings. The van der Waals surface area contributed by atoms with Gasteiger partial charge in [0.15, 0.2) is 11.5 Å². The number of carboxylic acid groups (broad SMARTS) is 1. The number of aliphatic carboxylic acids is 1. The average molecular weight is 400 g/mol. The number of nitrogens with zero attached hydrogens (tertiary/aromatic N) is 1. The molecule has 29 heavy (non-hydrogen) atoms. The Kier molecular flexibility index (Phi) is 4.96. The molecule has 2 heterocycles. The predicted molar refractivity (Wildman–Crippen MR) is 104 cm³/mol. The topological polar surface area (TPSA) is 110 Å². The summed E-state index contributed by atoms with van der Waals surface area (Å²) in [5.74, 6) is -0.542. The Balaban J connectivity index is 1.57. The van der Waals surface area contributed by atoms with E-state index < -0.39 is 24.0 Å². The number of fused-ring (bicyclic) bond motifs is 1. The van der Waals surface area contributed by atoms with E-state index in [0.29, 0.717) is 30.3 Å². The molecule has 1 saturated carbocycles. The van der Waals surface area contributed by atoms with Crippen molar-refractivity contribution in [1.82, 2.24) is 9.88 Å². The van der Waals surface area contributed by atoms with Crippen molar-refractivity contribution in [2.45, 2.75) is 38.8 Å². The molecule has 1 aromatic heterocycles. The minimum absolute atomic E-state index is 0.149. The maximum absolute atomic E-state index is 12.8. The predicted octanol–water partition coefficient (Wildman–Crippen LogP) is 1.82. The van der Waals surface area contributed by atoms with Crippen molar-refractivity contribution < 1.29 is 29.3 Å². The fourth-order valence-electron chi connectivity index (χ4n) is 4.18. The van der Waals surface area contributed by atoms with Gasteiger partial charge >= 0.3 is 5.97 Å². The number of amides is 1. The van der Waals surface area contributed by atoms with Gasteiger partial charge in [0.25, 0.3) is 5.91 Å². The van der Waals surface area contributed by atoms with Crippen LogP contribution in [0.4, 0.5) is 0 Å². The number of carbonyl (C=O) groups is 2. The fourth-order valence-corrected chi connectivity index (χ4v) is 4.18. The second kappa shape index (κ2) is 7.44. The zero-order valence-electron chi connectivity index (χ0n) is 16.3. The molecule has 0 saturated heterocycles. The van der Waals surface area contributed by atoms with E-state index >= 15 is 0 Å². The standard InChI is InChI=1S/C21H24N2O6/c1-11-7-15(20(25)22-16-8-13(21(26)27)9-17(16)24)12(2)23(11)14-3-4-18-19(10-14)29-6-5-28-18/h3-4,7,10,13,16-17,24H,5-6,8-9H2,1-2H3,(H,22,25)(H,26,27)/t13-,16+,17+/m0/s1. The molecule has 154 valence electrons. The second-order valence-corrected chi connectivity index (χ2v) is 7.60. The average Bonchev–Trinajstić information content (AvgIpc) is 3.21. The molecular formula is C21H24N2O6. The number of aliphatic hydroxyl groups excluding tert-OH is 1. The minimum atomic E-state index is -0.947. The monoisotopic (exact) mass is 400 g/mol. The zero-order chi connectivity index (χ0) is 20.7. The molecule has 1 aromatic carbocycles. The third-order valence-electron chi connectivity index (χ3n) is 5.65. The Bertz CT molecular complexity index is 966.